The average Bonchev–Trinajstić information content (AvgIpc) is 4.20. The van der Waals surface area contributed by atoms with Crippen molar-refractivity contribution in [1.82, 2.24) is 14.1 Å². The fraction of sp³-hybridized carbons (Fsp3) is 0.296. The van der Waals surface area contributed by atoms with Crippen LogP contribution in [0, 0.1) is 18.5 Å². The molecule has 0 fully saturated rings. The molecule has 0 spiro atoms. The van der Waals surface area contributed by atoms with Crippen LogP contribution >= 0.6 is 0 Å². The van der Waals surface area contributed by atoms with Gasteiger partial charge in [-0.05, 0) is 91.0 Å². The summed E-state index contributed by atoms with van der Waals surface area (Å²) in [5.41, 5.74) is 12.8. The largest absolute Gasteiger partial charge is 0.510 e. The van der Waals surface area contributed by atoms with Crippen molar-refractivity contribution in [3.63, 3.8) is 0 Å². The normalized spacial score (nSPS) is 12.8. The van der Waals surface area contributed by atoms with E-state index in [1.54, 1.807) is 0 Å². The zero-order chi connectivity index (χ0) is 54.2. The molecule has 10 aromatic rings. The van der Waals surface area contributed by atoms with Gasteiger partial charge in [0.25, 0.3) is 6.33 Å². The minimum atomic E-state index is -0.533. The topological polar surface area (TPSA) is 35.9 Å². The number of hydrogen-bond donors (Lipinski definition) is 0. The summed E-state index contributed by atoms with van der Waals surface area (Å²) in [6.45, 7) is 34.6. The van der Waals surface area contributed by atoms with Gasteiger partial charge in [0.15, 0.2) is 0 Å². The third kappa shape index (κ3) is 10.3. The van der Waals surface area contributed by atoms with Gasteiger partial charge in [-0.3, -0.25) is 4.57 Å². The van der Waals surface area contributed by atoms with Gasteiger partial charge in [-0.25, -0.2) is 4.98 Å². The van der Waals surface area contributed by atoms with E-state index < -0.39 is 10.8 Å². The molecular formula is C71H74N4OPt-2. The molecule has 0 saturated carbocycles. The Labute approximate surface area is 473 Å². The van der Waals surface area contributed by atoms with Gasteiger partial charge >= 0.3 is 0 Å². The number of ether oxygens (including phenoxy) is 1. The molecule has 0 unspecified atom stereocenters. The van der Waals surface area contributed by atoms with Gasteiger partial charge in [0.2, 0.25) is 0 Å². The Balaban J connectivity index is 0.00000722. The van der Waals surface area contributed by atoms with E-state index in [0.717, 1.165) is 50.4 Å². The Kier molecular flexibility index (Phi) is 14.4. The molecule has 7 aromatic carbocycles. The minimum absolute atomic E-state index is 0. The van der Waals surface area contributed by atoms with Crippen molar-refractivity contribution in [3.05, 3.63) is 245 Å². The Morgan fingerprint density at radius 3 is 1.62 bits per heavy atom. The van der Waals surface area contributed by atoms with E-state index in [2.05, 4.69) is 300 Å². The van der Waals surface area contributed by atoms with E-state index >= 15 is 0 Å². The summed E-state index contributed by atoms with van der Waals surface area (Å²) in [6, 6.07) is 68.8. The predicted octanol–water partition coefficient (Wildman–Crippen LogP) is 17.3. The molecule has 3 aromatic heterocycles. The molecule has 0 radical (unpaired) electrons. The predicted molar refractivity (Wildman–Crippen MR) is 314 cm³/mol. The van der Waals surface area contributed by atoms with E-state index in [1.807, 2.05) is 12.3 Å². The Morgan fingerprint density at radius 2 is 1.03 bits per heavy atom. The fourth-order valence-corrected chi connectivity index (χ4v) is 11.1. The second-order valence-corrected chi connectivity index (χ2v) is 25.5. The van der Waals surface area contributed by atoms with E-state index in [-0.39, 0.29) is 42.7 Å². The van der Waals surface area contributed by atoms with Gasteiger partial charge in [-0.15, -0.1) is 29.8 Å². The number of aromatic nitrogens is 4. The standard InChI is InChI=1S/C71H74N4O.Pt/c1-66(2,3)51-38-39-72-62(43-51)75-60-37-26-25-36-58(60)63-59(68(7,8)9)45-57(46-61(63)75)76-56-35-27-34-54(44-56)73-47-74(55-41-52(67(4,5)6)40-53(42-55)69(10,11)48-28-19-16-20-29-48)65(71(14,15)50-32-23-18-24-33-50)64(73)70(12,13)49-30-21-17-22-31-49;/h16-43,45H,1-15H3;/q-2;. The van der Waals surface area contributed by atoms with Crippen LogP contribution in [0.15, 0.2) is 176 Å². The van der Waals surface area contributed by atoms with Crippen LogP contribution < -0.4 is 9.30 Å². The van der Waals surface area contributed by atoms with Gasteiger partial charge in [-0.2, -0.15) is 12.1 Å². The van der Waals surface area contributed by atoms with Crippen LogP contribution in [0.1, 0.15) is 154 Å². The molecule has 396 valence electrons. The zero-order valence-corrected chi connectivity index (χ0v) is 50.0. The summed E-state index contributed by atoms with van der Waals surface area (Å²) in [5.74, 6) is 2.03. The van der Waals surface area contributed by atoms with Crippen molar-refractivity contribution in [3.8, 4) is 28.7 Å². The number of fused-ring (bicyclic) bond motifs is 3. The molecular weight excluding hydrogens is 1120 g/mol. The number of rotatable bonds is 11. The number of para-hydroxylation sites is 1. The zero-order valence-electron chi connectivity index (χ0n) is 47.8. The summed E-state index contributed by atoms with van der Waals surface area (Å²) in [7, 11) is 0. The van der Waals surface area contributed by atoms with Crippen molar-refractivity contribution in [1.29, 1.82) is 0 Å². The third-order valence-electron chi connectivity index (χ3n) is 15.8. The first kappa shape index (κ1) is 55.0. The van der Waals surface area contributed by atoms with Crippen molar-refractivity contribution in [2.45, 2.75) is 136 Å². The summed E-state index contributed by atoms with van der Waals surface area (Å²) in [6.07, 6.45) is 5.99. The van der Waals surface area contributed by atoms with Gasteiger partial charge < -0.3 is 13.9 Å². The SMILES string of the molecule is CC(C)(C)c1cc(-[n+]2[c-]n(-c3[c-]c(Oc4[c-]c5c(c(C(C)(C)C)c4)c4ccccc4n5-c4cc(C(C)(C)C)ccn4)ccc3)c(C(C)(C)c3ccccc3)c2C(C)(C)c2ccccc2)cc(C(C)(C)c2ccccc2)c1.[Pt]. The summed E-state index contributed by atoms with van der Waals surface area (Å²) < 4.78 is 14.0. The smallest absolute Gasteiger partial charge is 0.267 e. The molecule has 3 heterocycles. The van der Waals surface area contributed by atoms with E-state index in [0.29, 0.717) is 11.5 Å². The number of hydrogen-bond acceptors (Lipinski definition) is 2. The molecule has 6 heteroatoms. The van der Waals surface area contributed by atoms with Crippen LogP contribution in [0.4, 0.5) is 0 Å². The molecule has 0 bridgehead atoms. The first-order chi connectivity index (χ1) is 35.8. The number of imidazole rings is 1. The van der Waals surface area contributed by atoms with Crippen LogP contribution in [0.25, 0.3) is 39.0 Å². The minimum Gasteiger partial charge on any atom is -0.510 e. The molecule has 0 amide bonds. The summed E-state index contributed by atoms with van der Waals surface area (Å²) in [4.78, 5) is 5.00. The quantitative estimate of drug-likeness (QED) is 0.0956. The number of benzene rings is 7. The molecule has 0 aliphatic carbocycles. The average molecular weight is 1190 g/mol. The van der Waals surface area contributed by atoms with Crippen LogP contribution in [0.5, 0.6) is 11.5 Å². The molecule has 77 heavy (non-hydrogen) atoms. The van der Waals surface area contributed by atoms with Gasteiger partial charge in [-0.1, -0.05) is 230 Å². The molecule has 0 saturated heterocycles. The van der Waals surface area contributed by atoms with Crippen molar-refractivity contribution < 1.29 is 30.4 Å². The van der Waals surface area contributed by atoms with Crippen molar-refractivity contribution in [2.75, 3.05) is 0 Å². The summed E-state index contributed by atoms with van der Waals surface area (Å²) in [5, 5.41) is 2.31. The second-order valence-electron chi connectivity index (χ2n) is 25.5. The Bertz CT molecular complexity index is 3750. The molecule has 10 rings (SSSR count). The third-order valence-corrected chi connectivity index (χ3v) is 15.8. The van der Waals surface area contributed by atoms with Crippen LogP contribution in [0.3, 0.4) is 0 Å². The maximum atomic E-state index is 7.09. The van der Waals surface area contributed by atoms with Crippen molar-refractivity contribution >= 4 is 21.8 Å². The molecule has 0 N–H and O–H groups in total. The van der Waals surface area contributed by atoms with E-state index in [4.69, 9.17) is 9.72 Å². The summed E-state index contributed by atoms with van der Waals surface area (Å²) >= 11 is 0. The maximum absolute atomic E-state index is 7.09. The molecule has 5 nitrogen and oxygen atoms in total. The van der Waals surface area contributed by atoms with Crippen molar-refractivity contribution in [2.24, 2.45) is 0 Å². The van der Waals surface area contributed by atoms with Crippen LogP contribution in [-0.4, -0.2) is 14.1 Å². The first-order valence-corrected chi connectivity index (χ1v) is 27.0. The Hall–Kier alpha value is -6.81. The molecule has 0 aliphatic heterocycles. The van der Waals surface area contributed by atoms with Gasteiger partial charge in [0.05, 0.1) is 17.1 Å². The van der Waals surface area contributed by atoms with Crippen LogP contribution in [-0.2, 0) is 53.6 Å². The fourth-order valence-electron chi connectivity index (χ4n) is 11.1. The van der Waals surface area contributed by atoms with Gasteiger partial charge in [0, 0.05) is 60.5 Å². The number of nitrogens with zero attached hydrogens (tertiary/aromatic N) is 4. The molecule has 0 aliphatic rings. The monoisotopic (exact) mass is 1190 g/mol. The van der Waals surface area contributed by atoms with E-state index in [9.17, 15) is 0 Å². The molecule has 0 atom stereocenters. The van der Waals surface area contributed by atoms with Crippen LogP contribution in [0.2, 0.25) is 0 Å². The second kappa shape index (κ2) is 20.2. The van der Waals surface area contributed by atoms with Gasteiger partial charge in [0.1, 0.15) is 5.82 Å². The number of pyridine rings is 1. The Morgan fingerprint density at radius 1 is 0.468 bits per heavy atom. The van der Waals surface area contributed by atoms with E-state index in [1.165, 1.54) is 38.9 Å². The maximum Gasteiger partial charge on any atom is 0.267 e. The first-order valence-electron chi connectivity index (χ1n) is 27.0.